The number of ether oxygens (including phenoxy) is 2. The van der Waals surface area contributed by atoms with Gasteiger partial charge in [-0.3, -0.25) is 4.79 Å². The van der Waals surface area contributed by atoms with Crippen molar-refractivity contribution in [1.82, 2.24) is 10.6 Å². The molecular formula is C15H21N3O4. The Kier molecular flexibility index (Phi) is 4.75. The van der Waals surface area contributed by atoms with Gasteiger partial charge in [0.05, 0.1) is 6.54 Å². The first-order valence-electron chi connectivity index (χ1n) is 7.05. The van der Waals surface area contributed by atoms with Crippen LogP contribution in [0, 0.1) is 5.41 Å². The van der Waals surface area contributed by atoms with Crippen LogP contribution in [0.5, 0.6) is 11.5 Å². The summed E-state index contributed by atoms with van der Waals surface area (Å²) >= 11 is 0. The zero-order valence-corrected chi connectivity index (χ0v) is 13.0. The number of rotatable bonds is 4. The maximum absolute atomic E-state index is 11.8. The van der Waals surface area contributed by atoms with E-state index in [1.54, 1.807) is 18.2 Å². The zero-order chi connectivity index (χ0) is 16.2. The molecule has 0 spiro atoms. The molecule has 0 aromatic heterocycles. The fraction of sp³-hybridized carbons (Fsp3) is 0.467. The zero-order valence-electron chi connectivity index (χ0n) is 13.0. The third kappa shape index (κ3) is 4.83. The van der Waals surface area contributed by atoms with Crippen LogP contribution in [0.4, 0.5) is 10.5 Å². The molecular weight excluding hydrogens is 286 g/mol. The van der Waals surface area contributed by atoms with Crippen LogP contribution in [-0.2, 0) is 4.79 Å². The summed E-state index contributed by atoms with van der Waals surface area (Å²) in [5.74, 6) is 0.927. The van der Waals surface area contributed by atoms with Crippen molar-refractivity contribution < 1.29 is 19.1 Å². The Labute approximate surface area is 129 Å². The first-order valence-corrected chi connectivity index (χ1v) is 7.05. The summed E-state index contributed by atoms with van der Waals surface area (Å²) in [4.78, 5) is 23.4. The average molecular weight is 307 g/mol. The van der Waals surface area contributed by atoms with E-state index in [1.807, 2.05) is 20.8 Å². The highest BCUT2D eigenvalue weighted by Crippen LogP contribution is 2.34. The standard InChI is InChI=1S/C15H21N3O4/c1-15(2,3)8-17-14(20)16-7-13(19)18-10-4-5-11-12(6-10)22-9-21-11/h4-6H,7-9H2,1-3H3,(H,18,19)(H2,16,17,20). The fourth-order valence-electron chi connectivity index (χ4n) is 1.75. The van der Waals surface area contributed by atoms with Crippen LogP contribution in [0.2, 0.25) is 0 Å². The SMILES string of the molecule is CC(C)(C)CNC(=O)NCC(=O)Nc1ccc2c(c1)OCO2. The van der Waals surface area contributed by atoms with Gasteiger partial charge in [-0.2, -0.15) is 0 Å². The lowest BCUT2D eigenvalue weighted by Crippen LogP contribution is -2.42. The third-order valence-electron chi connectivity index (χ3n) is 2.85. The van der Waals surface area contributed by atoms with Crippen LogP contribution in [-0.4, -0.2) is 31.8 Å². The summed E-state index contributed by atoms with van der Waals surface area (Å²) in [6, 6.07) is 4.75. The number of anilines is 1. The molecule has 7 heteroatoms. The summed E-state index contributed by atoms with van der Waals surface area (Å²) in [7, 11) is 0. The molecule has 120 valence electrons. The van der Waals surface area contributed by atoms with Crippen molar-refractivity contribution in [1.29, 1.82) is 0 Å². The monoisotopic (exact) mass is 307 g/mol. The van der Waals surface area contributed by atoms with Gasteiger partial charge >= 0.3 is 6.03 Å². The van der Waals surface area contributed by atoms with Crippen LogP contribution in [0.1, 0.15) is 20.8 Å². The molecule has 0 aliphatic carbocycles. The van der Waals surface area contributed by atoms with E-state index in [0.29, 0.717) is 23.7 Å². The van der Waals surface area contributed by atoms with Gasteiger partial charge in [0.25, 0.3) is 0 Å². The van der Waals surface area contributed by atoms with Crippen molar-refractivity contribution in [2.45, 2.75) is 20.8 Å². The lowest BCUT2D eigenvalue weighted by atomic mass is 9.97. The first-order chi connectivity index (χ1) is 10.3. The minimum absolute atomic E-state index is 0.00785. The molecule has 7 nitrogen and oxygen atoms in total. The van der Waals surface area contributed by atoms with Crippen LogP contribution in [0.15, 0.2) is 18.2 Å². The predicted octanol–water partition coefficient (Wildman–Crippen LogP) is 1.70. The number of benzene rings is 1. The number of fused-ring (bicyclic) bond motifs is 1. The second-order valence-corrected chi connectivity index (χ2v) is 6.21. The Morgan fingerprint density at radius 2 is 1.86 bits per heavy atom. The number of hydrogen-bond donors (Lipinski definition) is 3. The molecule has 1 heterocycles. The molecule has 0 atom stereocenters. The van der Waals surface area contributed by atoms with Crippen molar-refractivity contribution in [3.63, 3.8) is 0 Å². The molecule has 22 heavy (non-hydrogen) atoms. The van der Waals surface area contributed by atoms with Crippen molar-refractivity contribution >= 4 is 17.6 Å². The normalized spacial score (nSPS) is 12.7. The van der Waals surface area contributed by atoms with Crippen molar-refractivity contribution in [3.8, 4) is 11.5 Å². The van der Waals surface area contributed by atoms with Gasteiger partial charge in [0.2, 0.25) is 12.7 Å². The second-order valence-electron chi connectivity index (χ2n) is 6.21. The van der Waals surface area contributed by atoms with Gasteiger partial charge < -0.3 is 25.4 Å². The van der Waals surface area contributed by atoms with Gasteiger partial charge in [0.1, 0.15) is 0 Å². The van der Waals surface area contributed by atoms with E-state index in [1.165, 1.54) is 0 Å². The molecule has 2 rings (SSSR count). The van der Waals surface area contributed by atoms with Crippen LogP contribution < -0.4 is 25.4 Å². The Morgan fingerprint density at radius 3 is 2.59 bits per heavy atom. The van der Waals surface area contributed by atoms with Gasteiger partial charge in [-0.1, -0.05) is 20.8 Å². The highest BCUT2D eigenvalue weighted by atomic mass is 16.7. The topological polar surface area (TPSA) is 88.7 Å². The molecule has 0 fully saturated rings. The van der Waals surface area contributed by atoms with E-state index < -0.39 is 0 Å². The summed E-state index contributed by atoms with van der Waals surface area (Å²) in [6.07, 6.45) is 0. The molecule has 1 aliphatic heterocycles. The van der Waals surface area contributed by atoms with E-state index in [0.717, 1.165) is 0 Å². The number of nitrogens with one attached hydrogen (secondary N) is 3. The summed E-state index contributed by atoms with van der Waals surface area (Å²) in [5.41, 5.74) is 0.581. The average Bonchev–Trinajstić information content (AvgIpc) is 2.89. The molecule has 0 unspecified atom stereocenters. The Hall–Kier alpha value is -2.44. The van der Waals surface area contributed by atoms with Gasteiger partial charge in [-0.05, 0) is 17.5 Å². The van der Waals surface area contributed by atoms with E-state index in [2.05, 4.69) is 16.0 Å². The summed E-state index contributed by atoms with van der Waals surface area (Å²) < 4.78 is 10.4. The van der Waals surface area contributed by atoms with E-state index in [9.17, 15) is 9.59 Å². The highest BCUT2D eigenvalue weighted by molar-refractivity contribution is 5.94. The lowest BCUT2D eigenvalue weighted by Gasteiger charge is -2.18. The summed E-state index contributed by atoms with van der Waals surface area (Å²) in [5, 5.41) is 7.90. The number of amides is 3. The van der Waals surface area contributed by atoms with E-state index in [-0.39, 0.29) is 30.7 Å². The molecule has 1 aliphatic rings. The maximum atomic E-state index is 11.8. The van der Waals surface area contributed by atoms with E-state index >= 15 is 0 Å². The summed E-state index contributed by atoms with van der Waals surface area (Å²) in [6.45, 7) is 6.65. The molecule has 0 saturated heterocycles. The number of urea groups is 1. The van der Waals surface area contributed by atoms with Gasteiger partial charge in [0, 0.05) is 18.3 Å². The number of hydrogen-bond acceptors (Lipinski definition) is 4. The molecule has 0 bridgehead atoms. The molecule has 0 radical (unpaired) electrons. The Morgan fingerprint density at radius 1 is 1.14 bits per heavy atom. The molecule has 3 amide bonds. The third-order valence-corrected chi connectivity index (χ3v) is 2.85. The molecule has 3 N–H and O–H groups in total. The molecule has 0 saturated carbocycles. The number of carbonyl (C=O) groups is 2. The van der Waals surface area contributed by atoms with E-state index in [4.69, 9.17) is 9.47 Å². The van der Waals surface area contributed by atoms with Crippen molar-refractivity contribution in [2.75, 3.05) is 25.2 Å². The molecule has 1 aromatic rings. The largest absolute Gasteiger partial charge is 0.454 e. The fourth-order valence-corrected chi connectivity index (χ4v) is 1.75. The predicted molar refractivity (Wildman–Crippen MR) is 82.1 cm³/mol. The highest BCUT2D eigenvalue weighted by Gasteiger charge is 2.15. The van der Waals surface area contributed by atoms with Gasteiger partial charge in [0.15, 0.2) is 11.5 Å². The Bertz CT molecular complexity index is 566. The second kappa shape index (κ2) is 6.55. The van der Waals surface area contributed by atoms with Crippen LogP contribution in [0.25, 0.3) is 0 Å². The quantitative estimate of drug-likeness (QED) is 0.790. The minimum atomic E-state index is -0.365. The van der Waals surface area contributed by atoms with Gasteiger partial charge in [-0.15, -0.1) is 0 Å². The van der Waals surface area contributed by atoms with Crippen LogP contribution in [0.3, 0.4) is 0 Å². The van der Waals surface area contributed by atoms with Crippen molar-refractivity contribution in [3.05, 3.63) is 18.2 Å². The van der Waals surface area contributed by atoms with Crippen LogP contribution >= 0.6 is 0 Å². The maximum Gasteiger partial charge on any atom is 0.315 e. The molecule has 1 aromatic carbocycles. The number of carbonyl (C=O) groups excluding carboxylic acids is 2. The minimum Gasteiger partial charge on any atom is -0.454 e. The smallest absolute Gasteiger partial charge is 0.315 e. The van der Waals surface area contributed by atoms with Crippen molar-refractivity contribution in [2.24, 2.45) is 5.41 Å². The van der Waals surface area contributed by atoms with Gasteiger partial charge in [-0.25, -0.2) is 4.79 Å². The first kappa shape index (κ1) is 15.9. The lowest BCUT2D eigenvalue weighted by molar-refractivity contribution is -0.115. The Balaban J connectivity index is 1.75.